The fraction of sp³-hybridized carbons (Fsp3) is 0.500. The second-order valence-corrected chi connectivity index (χ2v) is 14.5. The fourth-order valence-electron chi connectivity index (χ4n) is 4.26. The van der Waals surface area contributed by atoms with Crippen molar-refractivity contribution >= 4 is 8.32 Å². The van der Waals surface area contributed by atoms with Gasteiger partial charge in [-0.05, 0) is 66.2 Å². The Bertz CT molecular complexity index is 822. The van der Waals surface area contributed by atoms with E-state index in [0.29, 0.717) is 6.10 Å². The maximum Gasteiger partial charge on any atom is 0.250 e. The second-order valence-electron chi connectivity index (χ2n) is 9.82. The summed E-state index contributed by atoms with van der Waals surface area (Å²) < 4.78 is 13.2. The number of hydrogen-bond acceptors (Lipinski definition) is 2. The van der Waals surface area contributed by atoms with Crippen molar-refractivity contribution in [2.75, 3.05) is 0 Å². The number of hydrogen-bond donors (Lipinski definition) is 0. The Balaban J connectivity index is 1.65. The van der Waals surface area contributed by atoms with Crippen LogP contribution in [0.5, 0.6) is 5.75 Å². The molecule has 4 rings (SSSR count). The predicted octanol–water partition coefficient (Wildman–Crippen LogP) is 6.24. The lowest BCUT2D eigenvalue weighted by Crippen LogP contribution is -2.44. The Labute approximate surface area is 165 Å². The van der Waals surface area contributed by atoms with Gasteiger partial charge in [0.05, 0.1) is 11.7 Å². The summed E-state index contributed by atoms with van der Waals surface area (Å²) in [5.74, 6) is 1.04. The third-order valence-corrected chi connectivity index (χ3v) is 11.1. The van der Waals surface area contributed by atoms with Crippen LogP contribution in [-0.4, -0.2) is 14.4 Å². The van der Waals surface area contributed by atoms with E-state index in [0.717, 1.165) is 31.4 Å². The highest BCUT2D eigenvalue weighted by molar-refractivity contribution is 6.74. The van der Waals surface area contributed by atoms with Gasteiger partial charge in [0.1, 0.15) is 5.75 Å². The molecule has 0 spiro atoms. The van der Waals surface area contributed by atoms with E-state index >= 15 is 0 Å². The van der Waals surface area contributed by atoms with E-state index in [1.165, 1.54) is 16.7 Å². The van der Waals surface area contributed by atoms with Crippen LogP contribution in [0.15, 0.2) is 48.5 Å². The molecule has 2 aliphatic heterocycles. The van der Waals surface area contributed by atoms with Gasteiger partial charge in [-0.25, -0.2) is 0 Å². The fourth-order valence-corrected chi connectivity index (χ4v) is 5.29. The number of rotatable bonds is 4. The minimum absolute atomic E-state index is 0.158. The molecule has 2 bridgehead atoms. The maximum atomic E-state index is 6.58. The van der Waals surface area contributed by atoms with Crippen LogP contribution < -0.4 is 4.43 Å². The molecule has 0 unspecified atom stereocenters. The third-order valence-electron chi connectivity index (χ3n) is 6.79. The topological polar surface area (TPSA) is 18.5 Å². The molecule has 144 valence electrons. The molecule has 3 heteroatoms. The van der Waals surface area contributed by atoms with Gasteiger partial charge in [0.25, 0.3) is 0 Å². The zero-order chi connectivity index (χ0) is 19.3. The summed E-state index contributed by atoms with van der Waals surface area (Å²) in [5.41, 5.74) is 4.00. The smallest absolute Gasteiger partial charge is 0.250 e. The number of ether oxygens (including phenoxy) is 1. The minimum Gasteiger partial charge on any atom is -0.543 e. The Kier molecular flexibility index (Phi) is 4.51. The van der Waals surface area contributed by atoms with Gasteiger partial charge in [0, 0.05) is 6.42 Å². The Hall–Kier alpha value is -1.58. The van der Waals surface area contributed by atoms with Crippen molar-refractivity contribution in [2.45, 2.75) is 76.3 Å². The average Bonchev–Trinajstić information content (AvgIpc) is 2.92. The summed E-state index contributed by atoms with van der Waals surface area (Å²) in [6, 6.07) is 17.5. The zero-order valence-corrected chi connectivity index (χ0v) is 18.3. The van der Waals surface area contributed by atoms with Crippen molar-refractivity contribution in [1.82, 2.24) is 0 Å². The normalized spacial score (nSPS) is 24.6. The van der Waals surface area contributed by atoms with Crippen LogP contribution in [0.25, 0.3) is 0 Å². The van der Waals surface area contributed by atoms with Crippen molar-refractivity contribution in [3.63, 3.8) is 0 Å². The van der Waals surface area contributed by atoms with Crippen LogP contribution in [0.3, 0.4) is 0 Å². The lowest BCUT2D eigenvalue weighted by atomic mass is 9.82. The van der Waals surface area contributed by atoms with Gasteiger partial charge in [0.15, 0.2) is 0 Å². The highest BCUT2D eigenvalue weighted by atomic mass is 28.4. The van der Waals surface area contributed by atoms with E-state index in [1.807, 2.05) is 0 Å². The summed E-state index contributed by atoms with van der Waals surface area (Å²) in [6.07, 6.45) is 4.59. The molecular formula is C24H32O2Si. The molecule has 27 heavy (non-hydrogen) atoms. The predicted molar refractivity (Wildman–Crippen MR) is 114 cm³/mol. The lowest BCUT2D eigenvalue weighted by Gasteiger charge is -2.38. The molecule has 0 aromatic heterocycles. The number of benzene rings is 2. The quantitative estimate of drug-likeness (QED) is 0.584. The molecule has 1 saturated heterocycles. The zero-order valence-electron chi connectivity index (χ0n) is 17.3. The molecule has 2 nitrogen and oxygen atoms in total. The molecule has 0 aliphatic carbocycles. The van der Waals surface area contributed by atoms with E-state index in [1.54, 1.807) is 0 Å². The molecule has 2 aromatic carbocycles. The van der Waals surface area contributed by atoms with E-state index in [9.17, 15) is 0 Å². The molecule has 0 N–H and O–H groups in total. The van der Waals surface area contributed by atoms with Crippen molar-refractivity contribution in [2.24, 2.45) is 0 Å². The van der Waals surface area contributed by atoms with Gasteiger partial charge in [-0.3, -0.25) is 0 Å². The van der Waals surface area contributed by atoms with Gasteiger partial charge in [-0.2, -0.15) is 0 Å². The van der Waals surface area contributed by atoms with E-state index < -0.39 is 8.32 Å². The van der Waals surface area contributed by atoms with E-state index in [2.05, 4.69) is 82.4 Å². The number of fused-ring (bicyclic) bond motifs is 4. The summed E-state index contributed by atoms with van der Waals surface area (Å²) in [6.45, 7) is 11.5. The Morgan fingerprint density at radius 3 is 2.56 bits per heavy atom. The van der Waals surface area contributed by atoms with Crippen LogP contribution in [0.4, 0.5) is 0 Å². The van der Waals surface area contributed by atoms with Crippen LogP contribution in [0, 0.1) is 0 Å². The molecule has 0 amide bonds. The second kappa shape index (κ2) is 6.49. The molecule has 0 saturated carbocycles. The highest BCUT2D eigenvalue weighted by Gasteiger charge is 2.47. The first-order valence-corrected chi connectivity index (χ1v) is 13.1. The SMILES string of the molecule is CC(C)(C)[Si](C)(C)Oc1ccc2c(c1)C[C@H]1CC[C@]2(Cc2ccccc2)O1. The maximum absolute atomic E-state index is 6.58. The molecule has 2 atom stereocenters. The average molecular weight is 381 g/mol. The van der Waals surface area contributed by atoms with Crippen LogP contribution >= 0.6 is 0 Å². The van der Waals surface area contributed by atoms with Crippen LogP contribution in [-0.2, 0) is 23.2 Å². The highest BCUT2D eigenvalue weighted by Crippen LogP contribution is 2.49. The Morgan fingerprint density at radius 2 is 1.85 bits per heavy atom. The van der Waals surface area contributed by atoms with Crippen molar-refractivity contribution in [1.29, 1.82) is 0 Å². The monoisotopic (exact) mass is 380 g/mol. The third kappa shape index (κ3) is 3.48. The summed E-state index contributed by atoms with van der Waals surface area (Å²) >= 11 is 0. The van der Waals surface area contributed by atoms with Gasteiger partial charge in [-0.1, -0.05) is 57.2 Å². The first-order valence-electron chi connectivity index (χ1n) is 10.2. The minimum atomic E-state index is -1.82. The molecular weight excluding hydrogens is 348 g/mol. The Morgan fingerprint density at radius 1 is 1.11 bits per heavy atom. The van der Waals surface area contributed by atoms with E-state index in [-0.39, 0.29) is 10.6 Å². The van der Waals surface area contributed by atoms with Gasteiger partial charge < -0.3 is 9.16 Å². The van der Waals surface area contributed by atoms with Crippen molar-refractivity contribution < 1.29 is 9.16 Å². The first-order chi connectivity index (χ1) is 12.7. The molecule has 2 heterocycles. The van der Waals surface area contributed by atoms with Gasteiger partial charge in [-0.15, -0.1) is 0 Å². The van der Waals surface area contributed by atoms with Gasteiger partial charge in [0.2, 0.25) is 8.32 Å². The van der Waals surface area contributed by atoms with Crippen molar-refractivity contribution in [3.8, 4) is 5.75 Å². The molecule has 1 fully saturated rings. The van der Waals surface area contributed by atoms with Crippen LogP contribution in [0.1, 0.15) is 50.3 Å². The largest absolute Gasteiger partial charge is 0.543 e. The summed E-state index contributed by atoms with van der Waals surface area (Å²) in [4.78, 5) is 0. The molecule has 0 radical (unpaired) electrons. The summed E-state index contributed by atoms with van der Waals surface area (Å²) in [5, 5.41) is 0.208. The van der Waals surface area contributed by atoms with Gasteiger partial charge >= 0.3 is 0 Å². The first kappa shape index (κ1) is 18.8. The summed E-state index contributed by atoms with van der Waals surface area (Å²) in [7, 11) is -1.82. The van der Waals surface area contributed by atoms with Crippen molar-refractivity contribution in [3.05, 3.63) is 65.2 Å². The standard InChI is InChI=1S/C24H32O2Si/c1-23(2,3)27(4,5)26-21-11-12-22-19(16-21)15-20-13-14-24(22,25-20)17-18-9-7-6-8-10-18/h6-12,16,20H,13-15,17H2,1-5H3/t20-,24-/m1/s1. The molecule has 2 aromatic rings. The van der Waals surface area contributed by atoms with Crippen LogP contribution in [0.2, 0.25) is 18.1 Å². The van der Waals surface area contributed by atoms with E-state index in [4.69, 9.17) is 9.16 Å². The lowest BCUT2D eigenvalue weighted by molar-refractivity contribution is -0.0567. The molecule has 2 aliphatic rings.